The van der Waals surface area contributed by atoms with Crippen LogP contribution in [0.4, 0.5) is 0 Å². The zero-order chi connectivity index (χ0) is 9.35. The molecule has 1 aromatic heterocycles. The Labute approximate surface area is 71.5 Å². The highest BCUT2D eigenvalue weighted by Gasteiger charge is 2.07. The number of hydrogen-bond acceptors (Lipinski definition) is 3. The Balaban J connectivity index is 3.22. The van der Waals surface area contributed by atoms with Gasteiger partial charge in [-0.3, -0.25) is 0 Å². The molecular formula is C6H10N3O2S-. The fourth-order valence-electron chi connectivity index (χ4n) is 0.744. The van der Waals surface area contributed by atoms with Gasteiger partial charge in [0.15, 0.2) is 5.03 Å². The molecule has 0 saturated heterocycles. The number of hydrogen-bond donors (Lipinski definition) is 0. The van der Waals surface area contributed by atoms with E-state index in [1.54, 1.807) is 18.5 Å². The first-order valence-electron chi connectivity index (χ1n) is 3.33. The Morgan fingerprint density at radius 2 is 2.17 bits per heavy atom. The van der Waals surface area contributed by atoms with Crippen LogP contribution < -0.4 is 0 Å². The van der Waals surface area contributed by atoms with E-state index >= 15 is 0 Å². The molecular weight excluding hydrogens is 178 g/mol. The lowest BCUT2D eigenvalue weighted by atomic mass is 10.7. The van der Waals surface area contributed by atoms with Crippen molar-refractivity contribution in [2.24, 2.45) is 7.05 Å². The van der Waals surface area contributed by atoms with Crippen molar-refractivity contribution >= 4 is 10.0 Å². The van der Waals surface area contributed by atoms with Crippen molar-refractivity contribution in [3.8, 4) is 0 Å². The van der Waals surface area contributed by atoms with E-state index in [0.717, 1.165) is 0 Å². The molecule has 6 heteroatoms. The van der Waals surface area contributed by atoms with Gasteiger partial charge in [0.2, 0.25) is 0 Å². The summed E-state index contributed by atoms with van der Waals surface area (Å²) >= 11 is 0. The Morgan fingerprint density at radius 1 is 1.58 bits per heavy atom. The number of sulfonamides is 1. The van der Waals surface area contributed by atoms with E-state index in [1.165, 1.54) is 13.2 Å². The molecule has 0 atom stereocenters. The summed E-state index contributed by atoms with van der Waals surface area (Å²) in [4.78, 5) is 3.83. The summed E-state index contributed by atoms with van der Waals surface area (Å²) in [5.41, 5.74) is 0. The molecule has 12 heavy (non-hydrogen) atoms. The molecule has 0 bridgehead atoms. The van der Waals surface area contributed by atoms with Crippen LogP contribution in [0.25, 0.3) is 4.72 Å². The van der Waals surface area contributed by atoms with E-state index < -0.39 is 10.0 Å². The van der Waals surface area contributed by atoms with E-state index in [1.807, 2.05) is 0 Å². The zero-order valence-corrected chi connectivity index (χ0v) is 7.96. The normalized spacial score (nSPS) is 11.9. The summed E-state index contributed by atoms with van der Waals surface area (Å²) in [6, 6.07) is 0. The third-order valence-electron chi connectivity index (χ3n) is 1.59. The Morgan fingerprint density at radius 3 is 2.50 bits per heavy atom. The number of imidazole rings is 1. The standard InChI is InChI=1S/C6H10N3O2S/c1-5-8-6(4-9(5)3)12(10,11)7-2/h4H,1-3H3/q-1. The topological polar surface area (TPSA) is 66.1 Å². The quantitative estimate of drug-likeness (QED) is 0.675. The predicted octanol–water partition coefficient (Wildman–Crippen LogP) is 0.421. The van der Waals surface area contributed by atoms with Crippen LogP contribution in [0.5, 0.6) is 0 Å². The number of aryl methyl sites for hydroxylation is 2. The smallest absolute Gasteiger partial charge is 0.154 e. The zero-order valence-electron chi connectivity index (χ0n) is 7.14. The maximum atomic E-state index is 11.1. The van der Waals surface area contributed by atoms with Crippen molar-refractivity contribution in [2.75, 3.05) is 7.05 Å². The van der Waals surface area contributed by atoms with Gasteiger partial charge in [0.1, 0.15) is 15.8 Å². The van der Waals surface area contributed by atoms with Crippen LogP contribution in [-0.4, -0.2) is 25.0 Å². The van der Waals surface area contributed by atoms with Crippen molar-refractivity contribution < 1.29 is 8.42 Å². The molecule has 1 aromatic rings. The molecule has 0 spiro atoms. The van der Waals surface area contributed by atoms with Crippen LogP contribution in [0.3, 0.4) is 0 Å². The van der Waals surface area contributed by atoms with Crippen LogP contribution >= 0.6 is 0 Å². The average Bonchev–Trinajstić information content (AvgIpc) is 2.33. The van der Waals surface area contributed by atoms with Gasteiger partial charge >= 0.3 is 0 Å². The van der Waals surface area contributed by atoms with Gasteiger partial charge in [-0.2, -0.15) is 7.05 Å². The Bertz CT molecular complexity index is 360. The highest BCUT2D eigenvalue weighted by Crippen LogP contribution is 2.12. The lowest BCUT2D eigenvalue weighted by Gasteiger charge is -2.09. The van der Waals surface area contributed by atoms with Crippen molar-refractivity contribution in [2.45, 2.75) is 11.9 Å². The van der Waals surface area contributed by atoms with E-state index in [4.69, 9.17) is 0 Å². The van der Waals surface area contributed by atoms with Gasteiger partial charge in [0.05, 0.1) is 0 Å². The molecule has 0 unspecified atom stereocenters. The molecule has 0 aromatic carbocycles. The molecule has 0 radical (unpaired) electrons. The van der Waals surface area contributed by atoms with E-state index in [2.05, 4.69) is 9.71 Å². The number of aromatic nitrogens is 2. The number of nitrogens with zero attached hydrogens (tertiary/aromatic N) is 3. The first kappa shape index (κ1) is 9.21. The van der Waals surface area contributed by atoms with Crippen molar-refractivity contribution in [3.63, 3.8) is 0 Å². The van der Waals surface area contributed by atoms with Crippen molar-refractivity contribution in [1.29, 1.82) is 0 Å². The molecule has 0 aliphatic carbocycles. The highest BCUT2D eigenvalue weighted by molar-refractivity contribution is 7.93. The lowest BCUT2D eigenvalue weighted by molar-refractivity contribution is 0.599. The molecule has 1 heterocycles. The first-order valence-corrected chi connectivity index (χ1v) is 4.77. The summed E-state index contributed by atoms with van der Waals surface area (Å²) in [6.45, 7) is 1.73. The molecule has 5 nitrogen and oxygen atoms in total. The molecule has 0 fully saturated rings. The van der Waals surface area contributed by atoms with Gasteiger partial charge in [-0.15, -0.1) is 0 Å². The van der Waals surface area contributed by atoms with Gasteiger partial charge in [-0.25, -0.2) is 13.4 Å². The molecule has 0 aliphatic heterocycles. The minimum atomic E-state index is -3.51. The second kappa shape index (κ2) is 2.87. The maximum Gasteiger partial charge on any atom is 0.154 e. The van der Waals surface area contributed by atoms with Crippen LogP contribution in [-0.2, 0) is 17.1 Å². The molecule has 68 valence electrons. The van der Waals surface area contributed by atoms with Crippen LogP contribution in [0.15, 0.2) is 11.2 Å². The van der Waals surface area contributed by atoms with E-state index in [-0.39, 0.29) is 5.03 Å². The maximum absolute atomic E-state index is 11.1. The van der Waals surface area contributed by atoms with Gasteiger partial charge in [-0.05, 0) is 6.92 Å². The minimum Gasteiger partial charge on any atom is -0.546 e. The fourth-order valence-corrected chi connectivity index (χ4v) is 1.47. The monoisotopic (exact) mass is 188 g/mol. The van der Waals surface area contributed by atoms with Crippen molar-refractivity contribution in [1.82, 2.24) is 9.55 Å². The summed E-state index contributed by atoms with van der Waals surface area (Å²) in [5.74, 6) is 0.650. The second-order valence-electron chi connectivity index (χ2n) is 2.39. The third-order valence-corrected chi connectivity index (χ3v) is 2.80. The van der Waals surface area contributed by atoms with E-state index in [9.17, 15) is 8.42 Å². The van der Waals surface area contributed by atoms with Crippen LogP contribution in [0, 0.1) is 6.92 Å². The predicted molar refractivity (Wildman–Crippen MR) is 44.4 cm³/mol. The summed E-state index contributed by atoms with van der Waals surface area (Å²) in [6.07, 6.45) is 1.44. The largest absolute Gasteiger partial charge is 0.546 e. The summed E-state index contributed by atoms with van der Waals surface area (Å²) in [7, 11) is -0.538. The molecule has 1 rings (SSSR count). The molecule has 0 amide bonds. The highest BCUT2D eigenvalue weighted by atomic mass is 32.2. The average molecular weight is 188 g/mol. The lowest BCUT2D eigenvalue weighted by Crippen LogP contribution is -1.97. The summed E-state index contributed by atoms with van der Waals surface area (Å²) < 4.78 is 27.1. The fraction of sp³-hybridized carbons (Fsp3) is 0.500. The Kier molecular flexibility index (Phi) is 2.20. The van der Waals surface area contributed by atoms with Gasteiger partial charge in [-0.1, -0.05) is 0 Å². The molecule has 0 aliphatic rings. The molecule has 0 saturated carbocycles. The van der Waals surface area contributed by atoms with Crippen LogP contribution in [0.2, 0.25) is 0 Å². The first-order chi connectivity index (χ1) is 5.47. The minimum absolute atomic E-state index is 0.00463. The van der Waals surface area contributed by atoms with E-state index in [0.29, 0.717) is 5.82 Å². The van der Waals surface area contributed by atoms with Crippen LogP contribution in [0.1, 0.15) is 5.82 Å². The number of rotatable bonds is 2. The Hall–Kier alpha value is -0.880. The molecule has 0 N–H and O–H groups in total. The van der Waals surface area contributed by atoms with Gasteiger partial charge < -0.3 is 9.29 Å². The van der Waals surface area contributed by atoms with Crippen molar-refractivity contribution in [3.05, 3.63) is 16.7 Å². The third kappa shape index (κ3) is 1.49. The SMILES string of the molecule is C[N-]S(=O)(=O)c1cn(C)c(C)n1. The second-order valence-corrected chi connectivity index (χ2v) is 4.13. The summed E-state index contributed by atoms with van der Waals surface area (Å²) in [5, 5.41) is 0.00463. The van der Waals surface area contributed by atoms with Gasteiger partial charge in [0.25, 0.3) is 0 Å². The van der Waals surface area contributed by atoms with Gasteiger partial charge in [0, 0.05) is 13.2 Å².